The monoisotopic (exact) mass is 418 g/mol. The van der Waals surface area contributed by atoms with Gasteiger partial charge < -0.3 is 19.4 Å². The minimum Gasteiger partial charge on any atom is -0.399 e. The van der Waals surface area contributed by atoms with Gasteiger partial charge in [-0.15, -0.1) is 5.10 Å². The summed E-state index contributed by atoms with van der Waals surface area (Å²) < 4.78 is 10.6. The summed E-state index contributed by atoms with van der Waals surface area (Å²) in [5.74, 6) is -1.38. The van der Waals surface area contributed by atoms with Crippen molar-refractivity contribution < 1.29 is 18.7 Å². The van der Waals surface area contributed by atoms with Crippen LogP contribution in [0.2, 0.25) is 0 Å². The molecule has 0 radical (unpaired) electrons. The smallest absolute Gasteiger partial charge is 0.322 e. The third-order valence-corrected chi connectivity index (χ3v) is 4.62. The first-order chi connectivity index (χ1) is 15.1. The van der Waals surface area contributed by atoms with Crippen LogP contribution in [0.1, 0.15) is 26.6 Å². The van der Waals surface area contributed by atoms with Crippen LogP contribution in [0, 0.1) is 11.3 Å². The number of rotatable bonds is 5. The molecule has 0 spiro atoms. The number of carbonyl (C=O) groups is 2. The quantitative estimate of drug-likeness (QED) is 0.645. The normalized spacial score (nSPS) is 13.3. The van der Waals surface area contributed by atoms with Gasteiger partial charge in [-0.1, -0.05) is 5.10 Å². The van der Waals surface area contributed by atoms with E-state index in [9.17, 15) is 9.59 Å². The Morgan fingerprint density at radius 3 is 2.32 bits per heavy atom. The lowest BCUT2D eigenvalue weighted by molar-refractivity contribution is 0.0983. The number of aromatic nitrogens is 2. The summed E-state index contributed by atoms with van der Waals surface area (Å²) in [6.45, 7) is 3.04. The maximum atomic E-state index is 12.4. The second kappa shape index (κ2) is 9.06. The summed E-state index contributed by atoms with van der Waals surface area (Å²) in [6.07, 6.45) is 0. The van der Waals surface area contributed by atoms with Crippen molar-refractivity contribution in [1.82, 2.24) is 10.2 Å². The van der Waals surface area contributed by atoms with Crippen molar-refractivity contribution in [3.63, 3.8) is 0 Å². The van der Waals surface area contributed by atoms with Crippen LogP contribution in [-0.4, -0.2) is 48.3 Å². The van der Waals surface area contributed by atoms with Gasteiger partial charge in [0.25, 0.3) is 5.91 Å². The first-order valence-corrected chi connectivity index (χ1v) is 9.51. The van der Waals surface area contributed by atoms with Crippen LogP contribution in [0.4, 0.5) is 17.4 Å². The molecule has 0 bridgehead atoms. The number of nitriles is 1. The van der Waals surface area contributed by atoms with Gasteiger partial charge in [0.2, 0.25) is 0 Å². The number of anilines is 3. The summed E-state index contributed by atoms with van der Waals surface area (Å²) in [5, 5.41) is 21.2. The lowest BCUT2D eigenvalue weighted by Crippen LogP contribution is -2.36. The minimum atomic E-state index is -0.592. The van der Waals surface area contributed by atoms with Crippen LogP contribution < -0.4 is 15.5 Å². The Bertz CT molecular complexity index is 1110. The third-order valence-electron chi connectivity index (χ3n) is 4.62. The highest BCUT2D eigenvalue weighted by molar-refractivity contribution is 6.04. The van der Waals surface area contributed by atoms with Crippen LogP contribution in [0.3, 0.4) is 0 Å². The summed E-state index contributed by atoms with van der Waals surface area (Å²) >= 11 is 0. The Morgan fingerprint density at radius 2 is 1.65 bits per heavy atom. The summed E-state index contributed by atoms with van der Waals surface area (Å²) in [7, 11) is 0. The topological polar surface area (TPSA) is 133 Å². The number of amides is 2. The predicted octanol–water partition coefficient (Wildman–Crippen LogP) is 2.28. The molecule has 1 aliphatic heterocycles. The molecule has 2 amide bonds. The van der Waals surface area contributed by atoms with Gasteiger partial charge in [0.15, 0.2) is 0 Å². The Hall–Kier alpha value is -4.23. The van der Waals surface area contributed by atoms with E-state index in [0.717, 1.165) is 18.8 Å². The largest absolute Gasteiger partial charge is 0.399 e. The van der Waals surface area contributed by atoms with Crippen molar-refractivity contribution in [1.29, 1.82) is 5.26 Å². The van der Waals surface area contributed by atoms with Crippen molar-refractivity contribution in [3.05, 3.63) is 65.5 Å². The van der Waals surface area contributed by atoms with Gasteiger partial charge in [-0.25, -0.2) is 0 Å². The maximum Gasteiger partial charge on any atom is 0.322 e. The van der Waals surface area contributed by atoms with E-state index in [-0.39, 0.29) is 11.9 Å². The number of hydrogen-bond acceptors (Lipinski definition) is 8. The molecule has 1 aliphatic rings. The number of carbonyl (C=O) groups excluding carboxylic acids is 2. The van der Waals surface area contributed by atoms with E-state index in [0.29, 0.717) is 30.0 Å². The van der Waals surface area contributed by atoms with Gasteiger partial charge in [0.1, 0.15) is 0 Å². The van der Waals surface area contributed by atoms with Gasteiger partial charge in [0, 0.05) is 30.0 Å². The molecular formula is C21H18N6O4. The Kier molecular flexibility index (Phi) is 5.86. The highest BCUT2D eigenvalue weighted by Crippen LogP contribution is 2.19. The molecular weight excluding hydrogens is 400 g/mol. The first-order valence-electron chi connectivity index (χ1n) is 9.51. The second-order valence-corrected chi connectivity index (χ2v) is 6.66. The van der Waals surface area contributed by atoms with Crippen molar-refractivity contribution in [3.8, 4) is 6.07 Å². The molecule has 0 saturated carbocycles. The van der Waals surface area contributed by atoms with Crippen molar-refractivity contribution in [2.75, 3.05) is 41.8 Å². The molecule has 1 saturated heterocycles. The molecule has 2 aromatic carbocycles. The highest BCUT2D eigenvalue weighted by Gasteiger charge is 2.18. The predicted molar refractivity (Wildman–Crippen MR) is 111 cm³/mol. The van der Waals surface area contributed by atoms with Gasteiger partial charge in [0.05, 0.1) is 24.8 Å². The van der Waals surface area contributed by atoms with Gasteiger partial charge in [-0.05, 0) is 48.5 Å². The standard InChI is InChI=1S/C21H18N6O4/c22-13-14-1-3-15(4-2-14)18(28)24-21-26-25-20(31-21)19(29)23-16-5-7-17(8-6-16)27-9-11-30-12-10-27/h1-8H,9-12H2,(H,23,29)(H,24,26,28). The molecule has 3 aromatic rings. The van der Waals surface area contributed by atoms with E-state index in [1.54, 1.807) is 12.1 Å². The number of nitrogens with one attached hydrogen (secondary N) is 2. The van der Waals surface area contributed by atoms with E-state index in [4.69, 9.17) is 14.4 Å². The molecule has 1 fully saturated rings. The molecule has 156 valence electrons. The van der Waals surface area contributed by atoms with Crippen LogP contribution >= 0.6 is 0 Å². The fraction of sp³-hybridized carbons (Fsp3) is 0.190. The average Bonchev–Trinajstić information content (AvgIpc) is 3.29. The molecule has 2 heterocycles. The molecule has 10 heteroatoms. The number of nitrogens with zero attached hydrogens (tertiary/aromatic N) is 4. The summed E-state index contributed by atoms with van der Waals surface area (Å²) in [4.78, 5) is 26.8. The molecule has 4 rings (SSSR count). The summed E-state index contributed by atoms with van der Waals surface area (Å²) in [5.41, 5.74) is 2.37. The molecule has 0 atom stereocenters. The number of ether oxygens (including phenoxy) is 1. The number of morpholine rings is 1. The van der Waals surface area contributed by atoms with E-state index < -0.39 is 11.8 Å². The Morgan fingerprint density at radius 1 is 0.935 bits per heavy atom. The second-order valence-electron chi connectivity index (χ2n) is 6.66. The van der Waals surface area contributed by atoms with E-state index in [2.05, 4.69) is 25.7 Å². The number of benzene rings is 2. The fourth-order valence-electron chi connectivity index (χ4n) is 2.99. The Labute approximate surface area is 177 Å². The minimum absolute atomic E-state index is 0.206. The van der Waals surface area contributed by atoms with Crippen molar-refractivity contribution in [2.45, 2.75) is 0 Å². The van der Waals surface area contributed by atoms with Crippen LogP contribution in [-0.2, 0) is 4.74 Å². The van der Waals surface area contributed by atoms with Gasteiger partial charge in [-0.2, -0.15) is 5.26 Å². The Balaban J connectivity index is 1.35. The third kappa shape index (κ3) is 4.85. The molecule has 1 aromatic heterocycles. The molecule has 0 unspecified atom stereocenters. The lowest BCUT2D eigenvalue weighted by Gasteiger charge is -2.28. The SMILES string of the molecule is N#Cc1ccc(C(=O)Nc2nnc(C(=O)Nc3ccc(N4CCOCC4)cc3)o2)cc1. The molecule has 0 aliphatic carbocycles. The van der Waals surface area contributed by atoms with Crippen LogP contribution in [0.15, 0.2) is 52.9 Å². The van der Waals surface area contributed by atoms with Crippen LogP contribution in [0.5, 0.6) is 0 Å². The van der Waals surface area contributed by atoms with Crippen molar-refractivity contribution in [2.24, 2.45) is 0 Å². The summed E-state index contributed by atoms with van der Waals surface area (Å²) in [6, 6.07) is 15.2. The fourth-order valence-corrected chi connectivity index (χ4v) is 2.99. The zero-order valence-electron chi connectivity index (χ0n) is 16.4. The van der Waals surface area contributed by atoms with Crippen LogP contribution in [0.25, 0.3) is 0 Å². The first kappa shape index (κ1) is 20.1. The van der Waals surface area contributed by atoms with E-state index in [1.165, 1.54) is 24.3 Å². The lowest BCUT2D eigenvalue weighted by atomic mass is 10.1. The van der Waals surface area contributed by atoms with Gasteiger partial charge >= 0.3 is 17.8 Å². The average molecular weight is 418 g/mol. The molecule has 10 nitrogen and oxygen atoms in total. The number of hydrogen-bond donors (Lipinski definition) is 2. The van der Waals surface area contributed by atoms with Crippen molar-refractivity contribution >= 4 is 29.2 Å². The molecule has 2 N–H and O–H groups in total. The highest BCUT2D eigenvalue weighted by atomic mass is 16.5. The van der Waals surface area contributed by atoms with E-state index >= 15 is 0 Å². The zero-order valence-corrected chi connectivity index (χ0v) is 16.4. The van der Waals surface area contributed by atoms with E-state index in [1.807, 2.05) is 18.2 Å². The maximum absolute atomic E-state index is 12.4. The molecule has 31 heavy (non-hydrogen) atoms. The van der Waals surface area contributed by atoms with Gasteiger partial charge in [-0.3, -0.25) is 14.9 Å². The zero-order chi connectivity index (χ0) is 21.6.